The Balaban J connectivity index is 1.95. The molecule has 1 aromatic carbocycles. The molecule has 1 saturated carbocycles. The van der Waals surface area contributed by atoms with Crippen molar-refractivity contribution in [2.45, 2.75) is 31.6 Å². The summed E-state index contributed by atoms with van der Waals surface area (Å²) >= 11 is 3.15. The van der Waals surface area contributed by atoms with Crippen LogP contribution >= 0.6 is 15.9 Å². The highest BCUT2D eigenvalue weighted by atomic mass is 79.9. The Labute approximate surface area is 113 Å². The summed E-state index contributed by atoms with van der Waals surface area (Å²) in [6.45, 7) is 0. The van der Waals surface area contributed by atoms with E-state index in [1.807, 2.05) is 0 Å². The van der Waals surface area contributed by atoms with Gasteiger partial charge in [0.2, 0.25) is 5.89 Å². The molecule has 5 heteroatoms. The van der Waals surface area contributed by atoms with Gasteiger partial charge in [-0.2, -0.15) is 0 Å². The van der Waals surface area contributed by atoms with Crippen molar-refractivity contribution in [2.75, 3.05) is 0 Å². The topological polar surface area (TPSA) is 38.9 Å². The molecular formula is C13H12BrFN2O. The quantitative estimate of drug-likeness (QED) is 0.830. The van der Waals surface area contributed by atoms with Crippen molar-refractivity contribution in [3.8, 4) is 11.5 Å². The third-order valence-corrected chi connectivity index (χ3v) is 3.94. The van der Waals surface area contributed by atoms with Crippen molar-refractivity contribution in [1.29, 1.82) is 0 Å². The summed E-state index contributed by atoms with van der Waals surface area (Å²) in [6, 6.07) is 5.04. The molecule has 0 aliphatic heterocycles. The first-order chi connectivity index (χ1) is 8.75. The number of hydrogen-bond acceptors (Lipinski definition) is 3. The monoisotopic (exact) mass is 310 g/mol. The third kappa shape index (κ3) is 2.07. The minimum atomic E-state index is -0.362. The zero-order valence-corrected chi connectivity index (χ0v) is 11.3. The Morgan fingerprint density at radius 2 is 2.00 bits per heavy atom. The molecule has 0 spiro atoms. The molecule has 0 amide bonds. The van der Waals surface area contributed by atoms with E-state index in [9.17, 15) is 4.39 Å². The normalized spacial score (nSPS) is 16.3. The first kappa shape index (κ1) is 11.8. The van der Waals surface area contributed by atoms with E-state index in [4.69, 9.17) is 4.42 Å². The highest BCUT2D eigenvalue weighted by molar-refractivity contribution is 9.10. The zero-order valence-electron chi connectivity index (χ0n) is 9.70. The second kappa shape index (κ2) is 4.80. The maximum absolute atomic E-state index is 13.9. The molecule has 0 unspecified atom stereocenters. The van der Waals surface area contributed by atoms with E-state index in [0.717, 1.165) is 12.8 Å². The van der Waals surface area contributed by atoms with E-state index in [2.05, 4.69) is 26.1 Å². The standard InChI is InChI=1S/C13H12BrFN2O/c14-10-7-3-6-9(11(10)15)13-17-16-12(18-13)8-4-1-2-5-8/h3,6-8H,1-2,4-5H2. The minimum absolute atomic E-state index is 0.260. The molecule has 0 N–H and O–H groups in total. The molecule has 1 heterocycles. The van der Waals surface area contributed by atoms with E-state index in [0.29, 0.717) is 21.8 Å². The lowest BCUT2D eigenvalue weighted by Gasteiger charge is -2.01. The Morgan fingerprint density at radius 3 is 2.78 bits per heavy atom. The van der Waals surface area contributed by atoms with Crippen LogP contribution in [0.3, 0.4) is 0 Å². The lowest BCUT2D eigenvalue weighted by molar-refractivity contribution is 0.455. The molecule has 1 fully saturated rings. The summed E-state index contributed by atoms with van der Waals surface area (Å²) in [7, 11) is 0. The predicted octanol–water partition coefficient (Wildman–Crippen LogP) is 4.30. The summed E-state index contributed by atoms with van der Waals surface area (Å²) < 4.78 is 19.9. The second-order valence-electron chi connectivity index (χ2n) is 4.53. The number of aromatic nitrogens is 2. The number of halogens is 2. The van der Waals surface area contributed by atoms with Gasteiger partial charge in [0.1, 0.15) is 5.82 Å². The van der Waals surface area contributed by atoms with Crippen molar-refractivity contribution in [1.82, 2.24) is 10.2 Å². The lowest BCUT2D eigenvalue weighted by Crippen LogP contribution is -1.91. The van der Waals surface area contributed by atoms with Gasteiger partial charge in [-0.15, -0.1) is 10.2 Å². The van der Waals surface area contributed by atoms with Gasteiger partial charge in [-0.1, -0.05) is 18.9 Å². The Hall–Kier alpha value is -1.23. The SMILES string of the molecule is Fc1c(Br)cccc1-c1nnc(C2CCCC2)o1. The van der Waals surface area contributed by atoms with Crippen LogP contribution in [0.2, 0.25) is 0 Å². The Kier molecular flexibility index (Phi) is 3.16. The third-order valence-electron chi connectivity index (χ3n) is 3.33. The van der Waals surface area contributed by atoms with Crippen molar-refractivity contribution in [2.24, 2.45) is 0 Å². The van der Waals surface area contributed by atoms with Gasteiger partial charge in [0.25, 0.3) is 5.89 Å². The van der Waals surface area contributed by atoms with Crippen molar-refractivity contribution >= 4 is 15.9 Å². The molecule has 2 aromatic rings. The number of nitrogens with zero attached hydrogens (tertiary/aromatic N) is 2. The molecule has 0 saturated heterocycles. The van der Waals surface area contributed by atoms with Gasteiger partial charge in [0, 0.05) is 5.92 Å². The van der Waals surface area contributed by atoms with E-state index >= 15 is 0 Å². The van der Waals surface area contributed by atoms with Gasteiger partial charge in [-0.3, -0.25) is 0 Å². The van der Waals surface area contributed by atoms with Gasteiger partial charge in [-0.05, 0) is 40.9 Å². The summed E-state index contributed by atoms with van der Waals surface area (Å²) in [4.78, 5) is 0. The summed E-state index contributed by atoms with van der Waals surface area (Å²) in [5.74, 6) is 0.887. The van der Waals surface area contributed by atoms with Crippen LogP contribution in [0, 0.1) is 5.82 Å². The maximum atomic E-state index is 13.9. The zero-order chi connectivity index (χ0) is 12.5. The summed E-state index contributed by atoms with van der Waals surface area (Å²) in [5.41, 5.74) is 0.348. The van der Waals surface area contributed by atoms with E-state index in [1.54, 1.807) is 18.2 Å². The van der Waals surface area contributed by atoms with E-state index in [-0.39, 0.29) is 11.7 Å². The largest absolute Gasteiger partial charge is 0.420 e. The summed E-state index contributed by atoms with van der Waals surface area (Å²) in [5, 5.41) is 8.00. The molecule has 0 radical (unpaired) electrons. The van der Waals surface area contributed by atoms with Crippen molar-refractivity contribution in [3.05, 3.63) is 34.4 Å². The predicted molar refractivity (Wildman–Crippen MR) is 68.6 cm³/mol. The van der Waals surface area contributed by atoms with Crippen LogP contribution in [-0.2, 0) is 0 Å². The van der Waals surface area contributed by atoms with Crippen molar-refractivity contribution in [3.63, 3.8) is 0 Å². The van der Waals surface area contributed by atoms with Crippen LogP contribution in [0.5, 0.6) is 0 Å². The smallest absolute Gasteiger partial charge is 0.250 e. The average molecular weight is 311 g/mol. The molecule has 1 aliphatic carbocycles. The molecule has 18 heavy (non-hydrogen) atoms. The van der Waals surface area contributed by atoms with Gasteiger partial charge in [0.15, 0.2) is 0 Å². The van der Waals surface area contributed by atoms with Gasteiger partial charge >= 0.3 is 0 Å². The van der Waals surface area contributed by atoms with Gasteiger partial charge in [-0.25, -0.2) is 4.39 Å². The maximum Gasteiger partial charge on any atom is 0.250 e. The Bertz CT molecular complexity index is 564. The van der Waals surface area contributed by atoms with Crippen LogP contribution in [0.15, 0.2) is 27.1 Å². The molecule has 3 nitrogen and oxygen atoms in total. The molecule has 3 rings (SSSR count). The minimum Gasteiger partial charge on any atom is -0.420 e. The average Bonchev–Trinajstić information content (AvgIpc) is 3.01. The molecule has 94 valence electrons. The first-order valence-electron chi connectivity index (χ1n) is 6.03. The highest BCUT2D eigenvalue weighted by Gasteiger charge is 2.24. The number of rotatable bonds is 2. The number of hydrogen-bond donors (Lipinski definition) is 0. The van der Waals surface area contributed by atoms with Crippen LogP contribution in [-0.4, -0.2) is 10.2 Å². The van der Waals surface area contributed by atoms with Crippen LogP contribution in [0.25, 0.3) is 11.5 Å². The van der Waals surface area contributed by atoms with Gasteiger partial charge < -0.3 is 4.42 Å². The highest BCUT2D eigenvalue weighted by Crippen LogP contribution is 2.35. The number of benzene rings is 1. The molecule has 0 bridgehead atoms. The van der Waals surface area contributed by atoms with Crippen molar-refractivity contribution < 1.29 is 8.81 Å². The second-order valence-corrected chi connectivity index (χ2v) is 5.38. The van der Waals surface area contributed by atoms with E-state index in [1.165, 1.54) is 12.8 Å². The fourth-order valence-corrected chi connectivity index (χ4v) is 2.72. The van der Waals surface area contributed by atoms with E-state index < -0.39 is 0 Å². The van der Waals surface area contributed by atoms with Crippen LogP contribution in [0.4, 0.5) is 4.39 Å². The molecule has 0 atom stereocenters. The van der Waals surface area contributed by atoms with Crippen LogP contribution in [0.1, 0.15) is 37.5 Å². The fourth-order valence-electron chi connectivity index (χ4n) is 2.35. The summed E-state index contributed by atoms with van der Waals surface area (Å²) in [6.07, 6.45) is 4.58. The molecular weight excluding hydrogens is 299 g/mol. The lowest BCUT2D eigenvalue weighted by atomic mass is 10.1. The first-order valence-corrected chi connectivity index (χ1v) is 6.83. The van der Waals surface area contributed by atoms with Gasteiger partial charge in [0.05, 0.1) is 10.0 Å². The molecule has 1 aromatic heterocycles. The van der Waals surface area contributed by atoms with Crippen LogP contribution < -0.4 is 0 Å². The molecule has 1 aliphatic rings. The Morgan fingerprint density at radius 1 is 1.22 bits per heavy atom. The fraction of sp³-hybridized carbons (Fsp3) is 0.385.